The highest BCUT2D eigenvalue weighted by Crippen LogP contribution is 2.14. The molecule has 5 nitrogen and oxygen atoms in total. The number of hydrogen-bond acceptors (Lipinski definition) is 4. The van der Waals surface area contributed by atoms with Gasteiger partial charge in [-0.05, 0) is 25.0 Å². The maximum Gasteiger partial charge on any atom is 0.332 e. The van der Waals surface area contributed by atoms with Crippen molar-refractivity contribution in [2.24, 2.45) is 0 Å². The van der Waals surface area contributed by atoms with Gasteiger partial charge in [-0.1, -0.05) is 12.1 Å². The molecule has 0 bridgehead atoms. The zero-order valence-electron chi connectivity index (χ0n) is 9.30. The number of aliphatic hydroxyl groups excluding tert-OH is 1. The van der Waals surface area contributed by atoms with Crippen LogP contribution in [0, 0.1) is 0 Å². The number of ketones is 1. The van der Waals surface area contributed by atoms with E-state index in [0.29, 0.717) is 17.7 Å². The van der Waals surface area contributed by atoms with Crippen LogP contribution >= 0.6 is 0 Å². The molecule has 0 fully saturated rings. The average molecular weight is 237 g/mol. The molecule has 0 aliphatic rings. The molecule has 0 saturated carbocycles. The van der Waals surface area contributed by atoms with Crippen molar-refractivity contribution in [3.63, 3.8) is 0 Å². The number of carboxylic acid groups (broad SMARTS) is 1. The quantitative estimate of drug-likeness (QED) is 0.507. The summed E-state index contributed by atoms with van der Waals surface area (Å²) in [4.78, 5) is 22.1. The number of anilines is 1. The Morgan fingerprint density at radius 2 is 1.94 bits per heavy atom. The van der Waals surface area contributed by atoms with E-state index >= 15 is 0 Å². The van der Waals surface area contributed by atoms with Crippen LogP contribution in [0.1, 0.15) is 29.6 Å². The number of hydrogen-bond donors (Lipinski definition) is 3. The fourth-order valence-electron chi connectivity index (χ4n) is 1.47. The van der Waals surface area contributed by atoms with E-state index in [1.54, 1.807) is 24.3 Å². The minimum Gasteiger partial charge on any atom is -0.479 e. The third-order valence-corrected chi connectivity index (χ3v) is 2.43. The van der Waals surface area contributed by atoms with E-state index < -0.39 is 12.1 Å². The highest BCUT2D eigenvalue weighted by molar-refractivity contribution is 6.00. The van der Waals surface area contributed by atoms with Gasteiger partial charge >= 0.3 is 5.97 Å². The second kappa shape index (κ2) is 6.00. The second-order valence-corrected chi connectivity index (χ2v) is 3.76. The van der Waals surface area contributed by atoms with Crippen molar-refractivity contribution in [1.82, 2.24) is 0 Å². The molecule has 0 saturated heterocycles. The zero-order chi connectivity index (χ0) is 12.8. The first-order chi connectivity index (χ1) is 8.02. The summed E-state index contributed by atoms with van der Waals surface area (Å²) < 4.78 is 0. The van der Waals surface area contributed by atoms with Gasteiger partial charge in [0.15, 0.2) is 11.9 Å². The minimum absolute atomic E-state index is 0.0633. The molecule has 92 valence electrons. The van der Waals surface area contributed by atoms with Crippen LogP contribution in [-0.4, -0.2) is 28.1 Å². The van der Waals surface area contributed by atoms with Crippen LogP contribution in [0.3, 0.4) is 0 Å². The van der Waals surface area contributed by atoms with Gasteiger partial charge in [0.2, 0.25) is 0 Å². The summed E-state index contributed by atoms with van der Waals surface area (Å²) in [6, 6.07) is 6.72. The fourth-order valence-corrected chi connectivity index (χ4v) is 1.47. The Balaban J connectivity index is 2.46. The Hall–Kier alpha value is -1.88. The number of aliphatic carboxylic acids is 1. The molecule has 4 N–H and O–H groups in total. The Morgan fingerprint density at radius 3 is 2.53 bits per heavy atom. The molecule has 0 aromatic heterocycles. The number of para-hydroxylation sites is 1. The van der Waals surface area contributed by atoms with Gasteiger partial charge in [-0.25, -0.2) is 4.79 Å². The number of carboxylic acids is 1. The Labute approximate surface area is 98.9 Å². The van der Waals surface area contributed by atoms with Crippen molar-refractivity contribution in [2.75, 3.05) is 5.73 Å². The third kappa shape index (κ3) is 3.88. The predicted octanol–water partition coefficient (Wildman–Crippen LogP) is 1.07. The summed E-state index contributed by atoms with van der Waals surface area (Å²) in [6.07, 6.45) is -0.844. The molecule has 0 spiro atoms. The maximum absolute atomic E-state index is 11.7. The maximum atomic E-state index is 11.7. The van der Waals surface area contributed by atoms with Crippen LogP contribution < -0.4 is 5.73 Å². The van der Waals surface area contributed by atoms with E-state index in [9.17, 15) is 9.59 Å². The van der Waals surface area contributed by atoms with Crippen LogP contribution in [-0.2, 0) is 4.79 Å². The number of Topliss-reactive ketones (excluding diaryl/α,β-unsaturated/α-hetero) is 1. The van der Waals surface area contributed by atoms with Gasteiger partial charge in [0.25, 0.3) is 0 Å². The van der Waals surface area contributed by atoms with Crippen molar-refractivity contribution in [1.29, 1.82) is 0 Å². The van der Waals surface area contributed by atoms with Gasteiger partial charge in [-0.2, -0.15) is 0 Å². The molecular weight excluding hydrogens is 222 g/mol. The molecule has 5 heteroatoms. The number of rotatable bonds is 6. The van der Waals surface area contributed by atoms with Gasteiger partial charge < -0.3 is 15.9 Å². The van der Waals surface area contributed by atoms with Gasteiger partial charge in [0.05, 0.1) is 0 Å². The molecule has 1 unspecified atom stereocenters. The van der Waals surface area contributed by atoms with Crippen molar-refractivity contribution < 1.29 is 19.8 Å². The van der Waals surface area contributed by atoms with E-state index in [2.05, 4.69) is 0 Å². The number of aliphatic hydroxyl groups is 1. The molecule has 0 aliphatic carbocycles. The Kier molecular flexibility index (Phi) is 4.66. The molecule has 0 aliphatic heterocycles. The summed E-state index contributed by atoms with van der Waals surface area (Å²) >= 11 is 0. The largest absolute Gasteiger partial charge is 0.479 e. The van der Waals surface area contributed by atoms with Gasteiger partial charge in [-0.15, -0.1) is 0 Å². The Bertz CT molecular complexity index is 417. The van der Waals surface area contributed by atoms with Gasteiger partial charge in [0.1, 0.15) is 0 Å². The third-order valence-electron chi connectivity index (χ3n) is 2.43. The number of carbonyl (C=O) groups excluding carboxylic acids is 1. The van der Waals surface area contributed by atoms with Crippen LogP contribution in [0.25, 0.3) is 0 Å². The summed E-state index contributed by atoms with van der Waals surface area (Å²) in [6.45, 7) is 0. The molecule has 17 heavy (non-hydrogen) atoms. The standard InChI is InChI=1S/C12H15NO4/c13-9-5-2-1-4-8(9)10(14)6-3-7-11(15)12(16)17/h1-2,4-5,11,15H,3,6-7,13H2,(H,16,17). The van der Waals surface area contributed by atoms with E-state index in [1.807, 2.05) is 0 Å². The number of carbonyl (C=O) groups is 2. The van der Waals surface area contributed by atoms with Crippen LogP contribution in [0.4, 0.5) is 5.69 Å². The predicted molar refractivity (Wildman–Crippen MR) is 62.7 cm³/mol. The zero-order valence-corrected chi connectivity index (χ0v) is 9.30. The first-order valence-corrected chi connectivity index (χ1v) is 5.31. The summed E-state index contributed by atoms with van der Waals surface area (Å²) in [7, 11) is 0. The molecule has 1 aromatic rings. The number of nitrogen functional groups attached to an aromatic ring is 1. The van der Waals surface area contributed by atoms with Crippen LogP contribution in [0.2, 0.25) is 0 Å². The monoisotopic (exact) mass is 237 g/mol. The lowest BCUT2D eigenvalue weighted by Crippen LogP contribution is -2.19. The first kappa shape index (κ1) is 13.2. The number of benzene rings is 1. The van der Waals surface area contributed by atoms with Crippen molar-refractivity contribution in [3.05, 3.63) is 29.8 Å². The van der Waals surface area contributed by atoms with E-state index in [1.165, 1.54) is 0 Å². The lowest BCUT2D eigenvalue weighted by Gasteiger charge is -2.06. The summed E-state index contributed by atoms with van der Waals surface area (Å²) in [5.41, 5.74) is 6.49. The normalized spacial score (nSPS) is 12.1. The van der Waals surface area contributed by atoms with Gasteiger partial charge in [0, 0.05) is 17.7 Å². The first-order valence-electron chi connectivity index (χ1n) is 5.31. The highest BCUT2D eigenvalue weighted by Gasteiger charge is 2.14. The topological polar surface area (TPSA) is 101 Å². The van der Waals surface area contributed by atoms with Crippen LogP contribution in [0.5, 0.6) is 0 Å². The lowest BCUT2D eigenvalue weighted by molar-refractivity contribution is -0.146. The minimum atomic E-state index is -1.41. The molecule has 0 heterocycles. The molecule has 0 radical (unpaired) electrons. The molecule has 1 aromatic carbocycles. The highest BCUT2D eigenvalue weighted by atomic mass is 16.4. The van der Waals surface area contributed by atoms with Crippen LogP contribution in [0.15, 0.2) is 24.3 Å². The fraction of sp³-hybridized carbons (Fsp3) is 0.333. The van der Waals surface area contributed by atoms with Gasteiger partial charge in [-0.3, -0.25) is 4.79 Å². The molecule has 1 atom stereocenters. The average Bonchev–Trinajstić information content (AvgIpc) is 2.29. The van der Waals surface area contributed by atoms with E-state index in [-0.39, 0.29) is 18.6 Å². The summed E-state index contributed by atoms with van der Waals surface area (Å²) in [5, 5.41) is 17.5. The number of nitrogens with two attached hydrogens (primary N) is 1. The van der Waals surface area contributed by atoms with E-state index in [0.717, 1.165) is 0 Å². The van der Waals surface area contributed by atoms with Crippen molar-refractivity contribution in [2.45, 2.75) is 25.4 Å². The molecule has 1 rings (SSSR count). The smallest absolute Gasteiger partial charge is 0.332 e. The van der Waals surface area contributed by atoms with Crippen molar-refractivity contribution in [3.8, 4) is 0 Å². The van der Waals surface area contributed by atoms with E-state index in [4.69, 9.17) is 15.9 Å². The molecule has 0 amide bonds. The molecular formula is C12H15NO4. The lowest BCUT2D eigenvalue weighted by atomic mass is 10.0. The summed E-state index contributed by atoms with van der Waals surface area (Å²) in [5.74, 6) is -1.41. The Morgan fingerprint density at radius 1 is 1.29 bits per heavy atom. The van der Waals surface area contributed by atoms with Crippen molar-refractivity contribution >= 4 is 17.4 Å². The SMILES string of the molecule is Nc1ccccc1C(=O)CCCC(O)C(=O)O. The second-order valence-electron chi connectivity index (χ2n) is 3.76.